The number of aromatic nitrogens is 1. The molecule has 2 aromatic carbocycles. The molecule has 2 saturated heterocycles. The summed E-state index contributed by atoms with van der Waals surface area (Å²) in [4.78, 5) is 23.1. The van der Waals surface area contributed by atoms with Gasteiger partial charge in [-0.25, -0.2) is 0 Å². The van der Waals surface area contributed by atoms with E-state index >= 15 is 0 Å². The molecule has 1 amide bonds. The molecule has 0 atom stereocenters. The fourth-order valence-corrected chi connectivity index (χ4v) is 5.60. The Bertz CT molecular complexity index is 1260. The maximum Gasteiger partial charge on any atom is 0.223 e. The maximum atomic E-state index is 12.6. The van der Waals surface area contributed by atoms with Gasteiger partial charge in [-0.2, -0.15) is 5.26 Å². The highest BCUT2D eigenvalue weighted by molar-refractivity contribution is 5.87. The minimum atomic E-state index is 0.283. The van der Waals surface area contributed by atoms with E-state index in [4.69, 9.17) is 0 Å². The second-order valence-electron chi connectivity index (χ2n) is 10.6. The number of nitriles is 1. The molecule has 7 heteroatoms. The Labute approximate surface area is 220 Å². The molecule has 7 nitrogen and oxygen atoms in total. The number of hydrogen-bond acceptors (Lipinski definition) is 5. The highest BCUT2D eigenvalue weighted by Gasteiger charge is 2.23. The van der Waals surface area contributed by atoms with Crippen molar-refractivity contribution in [1.82, 2.24) is 20.1 Å². The number of hydrogen-bond donors (Lipinski definition) is 2. The van der Waals surface area contributed by atoms with Gasteiger partial charge in [0, 0.05) is 86.6 Å². The van der Waals surface area contributed by atoms with Gasteiger partial charge in [0.25, 0.3) is 0 Å². The number of nitrogens with zero attached hydrogens (tertiary/aromatic N) is 4. The number of piperazine rings is 1. The van der Waals surface area contributed by atoms with Crippen LogP contribution in [0.25, 0.3) is 22.2 Å². The van der Waals surface area contributed by atoms with Crippen molar-refractivity contribution in [2.45, 2.75) is 45.2 Å². The fourth-order valence-electron chi connectivity index (χ4n) is 5.60. The molecular formula is C30H38N6O. The first-order valence-electron chi connectivity index (χ1n) is 13.6. The van der Waals surface area contributed by atoms with Gasteiger partial charge in [-0.15, -0.1) is 0 Å². The molecule has 3 aromatic rings. The number of carbonyl (C=O) groups excluding carboxylic acids is 1. The topological polar surface area (TPSA) is 78.4 Å². The number of aromatic amines is 1. The minimum absolute atomic E-state index is 0.283. The van der Waals surface area contributed by atoms with E-state index in [0.29, 0.717) is 24.1 Å². The van der Waals surface area contributed by atoms with E-state index in [1.54, 1.807) is 0 Å². The fraction of sp³-hybridized carbons (Fsp3) is 0.467. The van der Waals surface area contributed by atoms with Crippen LogP contribution in [0, 0.1) is 11.3 Å². The number of carbonyl (C=O) groups is 1. The highest BCUT2D eigenvalue weighted by Crippen LogP contribution is 2.29. The predicted octanol–water partition coefficient (Wildman–Crippen LogP) is 4.21. The van der Waals surface area contributed by atoms with Gasteiger partial charge in [-0.05, 0) is 68.7 Å². The van der Waals surface area contributed by atoms with Crippen LogP contribution in [0.5, 0.6) is 0 Å². The van der Waals surface area contributed by atoms with E-state index in [2.05, 4.69) is 70.3 Å². The minimum Gasteiger partial charge on any atom is -0.371 e. The summed E-state index contributed by atoms with van der Waals surface area (Å²) < 4.78 is 0. The summed E-state index contributed by atoms with van der Waals surface area (Å²) in [5.74, 6) is 0.283. The van der Waals surface area contributed by atoms with E-state index in [1.807, 2.05) is 23.1 Å². The lowest BCUT2D eigenvalue weighted by molar-refractivity contribution is -0.133. The van der Waals surface area contributed by atoms with Crippen molar-refractivity contribution in [3.63, 3.8) is 0 Å². The number of benzene rings is 2. The summed E-state index contributed by atoms with van der Waals surface area (Å²) in [7, 11) is 0. The maximum absolute atomic E-state index is 12.6. The molecule has 0 spiro atoms. The lowest BCUT2D eigenvalue weighted by Crippen LogP contribution is -2.51. The van der Waals surface area contributed by atoms with Crippen LogP contribution in [-0.2, 0) is 4.79 Å². The summed E-state index contributed by atoms with van der Waals surface area (Å²) >= 11 is 0. The molecule has 0 saturated carbocycles. The predicted molar refractivity (Wildman–Crippen MR) is 150 cm³/mol. The number of anilines is 1. The lowest BCUT2D eigenvalue weighted by atomic mass is 10.0. The van der Waals surface area contributed by atoms with Gasteiger partial charge in [-0.1, -0.05) is 12.1 Å². The third-order valence-corrected chi connectivity index (χ3v) is 7.94. The molecule has 0 radical (unpaired) electrons. The smallest absolute Gasteiger partial charge is 0.223 e. The Morgan fingerprint density at radius 1 is 1.05 bits per heavy atom. The van der Waals surface area contributed by atoms with E-state index in [9.17, 15) is 10.1 Å². The molecule has 2 N–H and O–H groups in total. The lowest BCUT2D eigenvalue weighted by Gasteiger charge is -2.37. The molecule has 37 heavy (non-hydrogen) atoms. The summed E-state index contributed by atoms with van der Waals surface area (Å²) in [5, 5.41) is 13.9. The second kappa shape index (κ2) is 11.4. The van der Waals surface area contributed by atoms with Crippen LogP contribution in [-0.4, -0.2) is 78.6 Å². The third kappa shape index (κ3) is 5.98. The van der Waals surface area contributed by atoms with Crippen LogP contribution >= 0.6 is 0 Å². The van der Waals surface area contributed by atoms with Crippen molar-refractivity contribution in [2.24, 2.45) is 0 Å². The van der Waals surface area contributed by atoms with Crippen LogP contribution < -0.4 is 10.2 Å². The van der Waals surface area contributed by atoms with Gasteiger partial charge in [0.2, 0.25) is 5.91 Å². The summed E-state index contributed by atoms with van der Waals surface area (Å²) in [6.45, 7) is 10.9. The van der Waals surface area contributed by atoms with Crippen molar-refractivity contribution in [3.05, 3.63) is 54.1 Å². The Hall–Kier alpha value is -3.34. The zero-order chi connectivity index (χ0) is 25.8. The molecule has 2 aliphatic heterocycles. The number of nitrogens with one attached hydrogen (secondary N) is 2. The standard InChI is InChI=1S/C30H38N6O/c1-22(2)34-14-16-36(17-15-34)30(37)8-11-32-26-9-12-35(13-10-26)27-5-3-4-24(19-27)29-20-25-18-23(21-31)6-7-28(25)33-29/h3-7,18-20,22,26,32-33H,8-17H2,1-2H3. The monoisotopic (exact) mass is 498 g/mol. The van der Waals surface area contributed by atoms with Crippen molar-refractivity contribution in [3.8, 4) is 17.3 Å². The Balaban J connectivity index is 1.10. The van der Waals surface area contributed by atoms with Crippen LogP contribution in [0.1, 0.15) is 38.7 Å². The Kier molecular flexibility index (Phi) is 7.78. The van der Waals surface area contributed by atoms with E-state index in [1.165, 1.54) is 5.69 Å². The third-order valence-electron chi connectivity index (χ3n) is 7.94. The van der Waals surface area contributed by atoms with E-state index in [0.717, 1.165) is 80.8 Å². The molecule has 0 unspecified atom stereocenters. The van der Waals surface area contributed by atoms with Gasteiger partial charge in [0.15, 0.2) is 0 Å². The molecule has 1 aromatic heterocycles. The van der Waals surface area contributed by atoms with Crippen molar-refractivity contribution < 1.29 is 4.79 Å². The number of H-pyrrole nitrogens is 1. The molecule has 0 bridgehead atoms. The highest BCUT2D eigenvalue weighted by atomic mass is 16.2. The first-order chi connectivity index (χ1) is 18.0. The zero-order valence-electron chi connectivity index (χ0n) is 22.0. The van der Waals surface area contributed by atoms with E-state index in [-0.39, 0.29) is 5.91 Å². The van der Waals surface area contributed by atoms with E-state index < -0.39 is 0 Å². The average Bonchev–Trinajstić information content (AvgIpc) is 3.37. The summed E-state index contributed by atoms with van der Waals surface area (Å²) in [5.41, 5.74) is 5.18. The molecule has 2 fully saturated rings. The largest absolute Gasteiger partial charge is 0.371 e. The molecule has 0 aliphatic carbocycles. The molecule has 194 valence electrons. The van der Waals surface area contributed by atoms with Crippen LogP contribution in [0.4, 0.5) is 5.69 Å². The van der Waals surface area contributed by atoms with Gasteiger partial charge in [0.1, 0.15) is 0 Å². The SMILES string of the molecule is CC(C)N1CCN(C(=O)CCNC2CCN(c3cccc(-c4cc5cc(C#N)ccc5[nH]4)c3)CC2)CC1. The first-order valence-corrected chi connectivity index (χ1v) is 13.6. The number of fused-ring (bicyclic) bond motifs is 1. The number of amides is 1. The molecule has 3 heterocycles. The quantitative estimate of drug-likeness (QED) is 0.510. The molecule has 5 rings (SSSR count). The summed E-state index contributed by atoms with van der Waals surface area (Å²) in [6, 6.07) is 19.8. The Morgan fingerprint density at radius 2 is 1.84 bits per heavy atom. The van der Waals surface area contributed by atoms with Gasteiger partial charge < -0.3 is 20.1 Å². The molecular weight excluding hydrogens is 460 g/mol. The van der Waals surface area contributed by atoms with Gasteiger partial charge in [-0.3, -0.25) is 9.69 Å². The van der Waals surface area contributed by atoms with Crippen molar-refractivity contribution >= 4 is 22.5 Å². The first kappa shape index (κ1) is 25.3. The van der Waals surface area contributed by atoms with Crippen molar-refractivity contribution in [2.75, 3.05) is 50.7 Å². The normalized spacial score (nSPS) is 17.5. The van der Waals surface area contributed by atoms with Crippen LogP contribution in [0.2, 0.25) is 0 Å². The van der Waals surface area contributed by atoms with Crippen LogP contribution in [0.15, 0.2) is 48.5 Å². The van der Waals surface area contributed by atoms with Gasteiger partial charge >= 0.3 is 0 Å². The van der Waals surface area contributed by atoms with Crippen molar-refractivity contribution in [1.29, 1.82) is 5.26 Å². The Morgan fingerprint density at radius 3 is 2.57 bits per heavy atom. The second-order valence-corrected chi connectivity index (χ2v) is 10.6. The average molecular weight is 499 g/mol. The zero-order valence-corrected chi connectivity index (χ0v) is 22.0. The van der Waals surface area contributed by atoms with Gasteiger partial charge in [0.05, 0.1) is 11.6 Å². The summed E-state index contributed by atoms with van der Waals surface area (Å²) in [6.07, 6.45) is 2.74. The number of piperidine rings is 1. The molecule has 2 aliphatic rings. The number of rotatable bonds is 7. The van der Waals surface area contributed by atoms with Crippen LogP contribution in [0.3, 0.4) is 0 Å².